The summed E-state index contributed by atoms with van der Waals surface area (Å²) in [6.45, 7) is 9.00. The average Bonchev–Trinajstić information content (AvgIpc) is 3.18. The van der Waals surface area contributed by atoms with Crippen LogP contribution in [0.3, 0.4) is 0 Å². The molecule has 2 aliphatic heterocycles. The lowest BCUT2D eigenvalue weighted by Crippen LogP contribution is -2.52. The van der Waals surface area contributed by atoms with Crippen LogP contribution >= 0.6 is 0 Å². The van der Waals surface area contributed by atoms with Crippen molar-refractivity contribution < 1.29 is 4.79 Å². The smallest absolute Gasteiger partial charge is 0.274 e. The van der Waals surface area contributed by atoms with E-state index in [2.05, 4.69) is 27.3 Å². The Morgan fingerprint density at radius 1 is 1.00 bits per heavy atom. The van der Waals surface area contributed by atoms with E-state index in [-0.39, 0.29) is 5.91 Å². The van der Waals surface area contributed by atoms with Gasteiger partial charge in [-0.05, 0) is 50.3 Å². The minimum Gasteiger partial charge on any atom is -0.335 e. The second kappa shape index (κ2) is 9.29. The van der Waals surface area contributed by atoms with Crippen LogP contribution in [0.4, 0.5) is 0 Å². The Kier molecular flexibility index (Phi) is 6.28. The Labute approximate surface area is 186 Å². The number of aromatic nitrogens is 2. The van der Waals surface area contributed by atoms with Crippen molar-refractivity contribution in [2.45, 2.75) is 64.5 Å². The number of pyridine rings is 1. The summed E-state index contributed by atoms with van der Waals surface area (Å²) in [4.78, 5) is 25.6. The molecule has 1 unspecified atom stereocenters. The number of carbonyl (C=O) groups is 1. The van der Waals surface area contributed by atoms with Crippen molar-refractivity contribution in [2.75, 3.05) is 39.3 Å². The molecular formula is C25H37N5O. The maximum atomic E-state index is 13.6. The summed E-state index contributed by atoms with van der Waals surface area (Å²) in [5.41, 5.74) is 2.60. The molecule has 2 saturated heterocycles. The molecule has 1 amide bonds. The molecule has 0 spiro atoms. The lowest BCUT2D eigenvalue weighted by Gasteiger charge is -2.40. The second-order valence-corrected chi connectivity index (χ2v) is 9.94. The summed E-state index contributed by atoms with van der Waals surface area (Å²) in [5, 5.41) is 0. The van der Waals surface area contributed by atoms with Gasteiger partial charge in [-0.1, -0.05) is 32.3 Å². The van der Waals surface area contributed by atoms with Crippen LogP contribution < -0.4 is 0 Å². The summed E-state index contributed by atoms with van der Waals surface area (Å²) < 4.78 is 2.13. The van der Waals surface area contributed by atoms with Gasteiger partial charge in [-0.15, -0.1) is 0 Å². The summed E-state index contributed by atoms with van der Waals surface area (Å²) in [7, 11) is 0. The van der Waals surface area contributed by atoms with Crippen LogP contribution in [0, 0.1) is 5.92 Å². The zero-order valence-electron chi connectivity index (χ0n) is 19.0. The summed E-state index contributed by atoms with van der Waals surface area (Å²) in [6, 6.07) is 6.79. The molecule has 0 N–H and O–H groups in total. The lowest BCUT2D eigenvalue weighted by atomic mass is 9.94. The van der Waals surface area contributed by atoms with Crippen LogP contribution in [0.2, 0.25) is 0 Å². The highest BCUT2D eigenvalue weighted by atomic mass is 16.2. The monoisotopic (exact) mass is 423 g/mol. The predicted molar refractivity (Wildman–Crippen MR) is 123 cm³/mol. The zero-order valence-corrected chi connectivity index (χ0v) is 19.0. The van der Waals surface area contributed by atoms with Gasteiger partial charge in [0.1, 0.15) is 5.65 Å². The normalized spacial score (nSPS) is 24.7. The first-order valence-electron chi connectivity index (χ1n) is 12.4. The quantitative estimate of drug-likeness (QED) is 0.753. The molecule has 6 nitrogen and oxygen atoms in total. The standard InChI is InChI=1S/C25H37N5O/c1-20-8-7-12-27(18-20)19-22-24(26-23-11-5-6-13-30(22)23)25(31)29-16-14-28(15-17-29)21-9-3-2-4-10-21/h5-6,11,13,20-21H,2-4,7-10,12,14-19H2,1H3. The van der Waals surface area contributed by atoms with E-state index in [0.29, 0.717) is 5.69 Å². The van der Waals surface area contributed by atoms with Gasteiger partial charge >= 0.3 is 0 Å². The van der Waals surface area contributed by atoms with Gasteiger partial charge < -0.3 is 9.30 Å². The highest BCUT2D eigenvalue weighted by Crippen LogP contribution is 2.25. The Bertz CT molecular complexity index is 894. The van der Waals surface area contributed by atoms with E-state index in [4.69, 9.17) is 4.98 Å². The molecule has 2 aromatic rings. The fourth-order valence-corrected chi connectivity index (χ4v) is 5.90. The molecular weight excluding hydrogens is 386 g/mol. The van der Waals surface area contributed by atoms with E-state index in [0.717, 1.165) is 69.1 Å². The van der Waals surface area contributed by atoms with Crippen LogP contribution in [-0.2, 0) is 6.54 Å². The number of fused-ring (bicyclic) bond motifs is 1. The minimum absolute atomic E-state index is 0.118. The number of hydrogen-bond donors (Lipinski definition) is 0. The van der Waals surface area contributed by atoms with Gasteiger partial charge in [-0.25, -0.2) is 4.98 Å². The predicted octanol–water partition coefficient (Wildman–Crippen LogP) is 3.66. The lowest BCUT2D eigenvalue weighted by molar-refractivity contribution is 0.0516. The molecule has 4 heterocycles. The highest BCUT2D eigenvalue weighted by molar-refractivity contribution is 5.94. The fourth-order valence-electron chi connectivity index (χ4n) is 5.90. The molecule has 0 radical (unpaired) electrons. The first-order chi connectivity index (χ1) is 15.2. The summed E-state index contributed by atoms with van der Waals surface area (Å²) >= 11 is 0. The molecule has 6 heteroatoms. The Balaban J connectivity index is 1.32. The molecule has 1 saturated carbocycles. The molecule has 3 fully saturated rings. The van der Waals surface area contributed by atoms with Crippen LogP contribution in [0.5, 0.6) is 0 Å². The van der Waals surface area contributed by atoms with Crippen LogP contribution in [0.25, 0.3) is 5.65 Å². The minimum atomic E-state index is 0.118. The van der Waals surface area contributed by atoms with Gasteiger partial charge in [-0.3, -0.25) is 14.6 Å². The molecule has 0 aromatic carbocycles. The van der Waals surface area contributed by atoms with Gasteiger partial charge in [0.15, 0.2) is 5.69 Å². The third kappa shape index (κ3) is 4.51. The van der Waals surface area contributed by atoms with Crippen LogP contribution in [0.1, 0.15) is 68.1 Å². The Hall–Kier alpha value is -1.92. The van der Waals surface area contributed by atoms with Gasteiger partial charge in [0.2, 0.25) is 0 Å². The number of carbonyl (C=O) groups excluding carboxylic acids is 1. The first-order valence-corrected chi connectivity index (χ1v) is 12.4. The second-order valence-electron chi connectivity index (χ2n) is 9.94. The Morgan fingerprint density at radius 2 is 1.81 bits per heavy atom. The number of piperidine rings is 1. The van der Waals surface area contributed by atoms with E-state index in [1.807, 2.05) is 23.1 Å². The third-order valence-corrected chi connectivity index (χ3v) is 7.64. The summed E-state index contributed by atoms with van der Waals surface area (Å²) in [6.07, 6.45) is 11.4. The van der Waals surface area contributed by atoms with Crippen molar-refractivity contribution in [1.29, 1.82) is 0 Å². The molecule has 1 atom stereocenters. The molecule has 31 heavy (non-hydrogen) atoms. The number of rotatable bonds is 4. The average molecular weight is 424 g/mol. The van der Waals surface area contributed by atoms with E-state index in [1.54, 1.807) is 0 Å². The van der Waals surface area contributed by atoms with Gasteiger partial charge in [-0.2, -0.15) is 0 Å². The number of piperazine rings is 1. The number of imidazole rings is 1. The third-order valence-electron chi connectivity index (χ3n) is 7.64. The summed E-state index contributed by atoms with van der Waals surface area (Å²) in [5.74, 6) is 0.840. The SMILES string of the molecule is CC1CCCN(Cc2c(C(=O)N3CCN(C4CCCCC4)CC3)nc3ccccn23)C1. The Morgan fingerprint density at radius 3 is 2.58 bits per heavy atom. The topological polar surface area (TPSA) is 44.1 Å². The zero-order chi connectivity index (χ0) is 21.2. The highest BCUT2D eigenvalue weighted by Gasteiger charge is 2.30. The fraction of sp³-hybridized carbons (Fsp3) is 0.680. The van der Waals surface area contributed by atoms with Crippen molar-refractivity contribution in [3.63, 3.8) is 0 Å². The maximum absolute atomic E-state index is 13.6. The van der Waals surface area contributed by atoms with Gasteiger partial charge in [0, 0.05) is 51.5 Å². The van der Waals surface area contributed by atoms with E-state index >= 15 is 0 Å². The van der Waals surface area contributed by atoms with E-state index in [1.165, 1.54) is 44.9 Å². The van der Waals surface area contributed by atoms with Crippen molar-refractivity contribution in [2.24, 2.45) is 5.92 Å². The molecule has 168 valence electrons. The van der Waals surface area contributed by atoms with Crippen molar-refractivity contribution in [3.05, 3.63) is 35.8 Å². The van der Waals surface area contributed by atoms with Crippen molar-refractivity contribution in [1.82, 2.24) is 24.1 Å². The number of amides is 1. The maximum Gasteiger partial charge on any atom is 0.274 e. The van der Waals surface area contributed by atoms with Crippen LogP contribution in [-0.4, -0.2) is 75.3 Å². The number of hydrogen-bond acceptors (Lipinski definition) is 4. The largest absolute Gasteiger partial charge is 0.335 e. The number of likely N-dealkylation sites (tertiary alicyclic amines) is 1. The molecule has 1 aliphatic carbocycles. The molecule has 3 aliphatic rings. The van der Waals surface area contributed by atoms with E-state index < -0.39 is 0 Å². The van der Waals surface area contributed by atoms with Gasteiger partial charge in [0.25, 0.3) is 5.91 Å². The molecule has 2 aromatic heterocycles. The molecule has 5 rings (SSSR count). The van der Waals surface area contributed by atoms with Crippen molar-refractivity contribution >= 4 is 11.6 Å². The number of nitrogens with zero attached hydrogens (tertiary/aromatic N) is 5. The van der Waals surface area contributed by atoms with Gasteiger partial charge in [0.05, 0.1) is 5.69 Å². The van der Waals surface area contributed by atoms with Crippen LogP contribution in [0.15, 0.2) is 24.4 Å². The van der Waals surface area contributed by atoms with Crippen molar-refractivity contribution in [3.8, 4) is 0 Å². The first kappa shape index (κ1) is 21.0. The van der Waals surface area contributed by atoms with E-state index in [9.17, 15) is 4.79 Å². The molecule has 0 bridgehead atoms.